The summed E-state index contributed by atoms with van der Waals surface area (Å²) < 4.78 is 9.18. The summed E-state index contributed by atoms with van der Waals surface area (Å²) in [6.07, 6.45) is 0. The van der Waals surface area contributed by atoms with Crippen LogP contribution in [0.4, 0.5) is 0 Å². The second-order valence-electron chi connectivity index (χ2n) is 6.49. The lowest BCUT2D eigenvalue weighted by molar-refractivity contribution is -0.432. The molecule has 1 aliphatic carbocycles. The molecule has 10 nitrogen and oxygen atoms in total. The molecule has 12 heteroatoms. The summed E-state index contributed by atoms with van der Waals surface area (Å²) in [6, 6.07) is 14.0. The van der Waals surface area contributed by atoms with Crippen LogP contribution in [0.5, 0.6) is 0 Å². The topological polar surface area (TPSA) is 141 Å². The van der Waals surface area contributed by atoms with Crippen molar-refractivity contribution >= 4 is 47.2 Å². The summed E-state index contributed by atoms with van der Waals surface area (Å²) in [5.74, 6) is -0.199. The largest absolute Gasteiger partial charge is 0.398 e. The fourth-order valence-corrected chi connectivity index (χ4v) is 3.99. The summed E-state index contributed by atoms with van der Waals surface area (Å²) in [7, 11) is 0. The van der Waals surface area contributed by atoms with Gasteiger partial charge in [-0.1, -0.05) is 41.4 Å². The maximum absolute atomic E-state index is 13.1. The molecule has 0 spiro atoms. The molecular formula is C20H17N3O7S2. The van der Waals surface area contributed by atoms with Crippen LogP contribution in [0.3, 0.4) is 0 Å². The first kappa shape index (κ1) is 22.5. The molecule has 0 radical (unpaired) electrons. The van der Waals surface area contributed by atoms with E-state index < -0.39 is 5.91 Å². The Morgan fingerprint density at radius 2 is 1.75 bits per heavy atom. The van der Waals surface area contributed by atoms with E-state index in [-0.39, 0.29) is 16.9 Å². The Morgan fingerprint density at radius 1 is 1.00 bits per heavy atom. The van der Waals surface area contributed by atoms with Gasteiger partial charge >= 0.3 is 0 Å². The number of amides is 1. The number of carbonyl (C=O) groups is 2. The van der Waals surface area contributed by atoms with Gasteiger partial charge in [-0.05, 0) is 17.7 Å². The number of nitrogens with two attached hydrogens (primary N) is 1. The molecule has 2 aromatic rings. The second kappa shape index (κ2) is 10.3. The number of carbonyl (C=O) groups excluding carboxylic acids is 2. The molecule has 4 rings (SSSR count). The number of nitrogens with one attached hydrogen (secondary N) is 2. The first-order valence-electron chi connectivity index (χ1n) is 9.25. The lowest BCUT2D eigenvalue weighted by atomic mass is 9.84. The number of hydrogen-bond donors (Lipinski definition) is 4. The van der Waals surface area contributed by atoms with Crippen molar-refractivity contribution in [3.05, 3.63) is 76.4 Å². The molecule has 1 aliphatic heterocycles. The van der Waals surface area contributed by atoms with E-state index >= 15 is 0 Å². The van der Waals surface area contributed by atoms with E-state index in [1.807, 2.05) is 0 Å². The molecular weight excluding hydrogens is 458 g/mol. The van der Waals surface area contributed by atoms with Gasteiger partial charge in [-0.15, -0.1) is 13.7 Å². The highest BCUT2D eigenvalue weighted by molar-refractivity contribution is 7.94. The zero-order valence-electron chi connectivity index (χ0n) is 16.3. The first-order chi connectivity index (χ1) is 15.6. The van der Waals surface area contributed by atoms with Crippen molar-refractivity contribution in [1.29, 1.82) is 0 Å². The summed E-state index contributed by atoms with van der Waals surface area (Å²) in [5, 5.41) is 14.2. The predicted molar refractivity (Wildman–Crippen MR) is 117 cm³/mol. The van der Waals surface area contributed by atoms with Crippen molar-refractivity contribution in [3.8, 4) is 0 Å². The third kappa shape index (κ3) is 4.57. The Kier molecular flexibility index (Phi) is 7.24. The molecule has 166 valence electrons. The summed E-state index contributed by atoms with van der Waals surface area (Å²) in [4.78, 5) is 31.2. The third-order valence-corrected chi connectivity index (χ3v) is 5.78. The van der Waals surface area contributed by atoms with Gasteiger partial charge in [-0.2, -0.15) is 5.48 Å². The summed E-state index contributed by atoms with van der Waals surface area (Å²) >= 11 is 1.85. The second-order valence-corrected chi connectivity index (χ2v) is 8.04. The molecule has 0 bridgehead atoms. The lowest BCUT2D eigenvalue weighted by Crippen LogP contribution is -2.22. The van der Waals surface area contributed by atoms with Crippen LogP contribution >= 0.6 is 24.1 Å². The monoisotopic (exact) mass is 475 g/mol. The zero-order chi connectivity index (χ0) is 22.5. The molecule has 1 heterocycles. The fourth-order valence-electron chi connectivity index (χ4n) is 3.30. The van der Waals surface area contributed by atoms with Gasteiger partial charge in [0.15, 0.2) is 5.78 Å². The lowest BCUT2D eigenvalue weighted by Gasteiger charge is -2.18. The standard InChI is InChI=1S/C20H17N3O7S2/c21-17-13-3-1-2-4-14(13)19(24)16-15(17)20(25)23-18(16)11-5-7-12(8-6-11)32-29-27-22-9-10-31-30-28-26/h1-8,22,26H,9-10,21H2,(H,23,25). The molecule has 0 unspecified atom stereocenters. The highest BCUT2D eigenvalue weighted by Crippen LogP contribution is 2.39. The zero-order valence-corrected chi connectivity index (χ0v) is 18.0. The number of hydrogen-bond acceptors (Lipinski definition) is 11. The number of fused-ring (bicyclic) bond motifs is 2. The Bertz CT molecular complexity index is 1100. The number of ketones is 1. The van der Waals surface area contributed by atoms with Gasteiger partial charge in [0.1, 0.15) is 0 Å². The van der Waals surface area contributed by atoms with Gasteiger partial charge in [0, 0.05) is 40.4 Å². The van der Waals surface area contributed by atoms with Crippen LogP contribution in [-0.2, 0) is 23.5 Å². The SMILES string of the molecule is NC1=C2C(=O)NC(c3ccc(SOONCCSOOO)cc3)=C2C(=O)c2ccccc21. The highest BCUT2D eigenvalue weighted by Gasteiger charge is 2.39. The van der Waals surface area contributed by atoms with E-state index in [9.17, 15) is 9.59 Å². The third-order valence-electron chi connectivity index (χ3n) is 4.66. The number of benzene rings is 2. The maximum atomic E-state index is 13.1. The van der Waals surface area contributed by atoms with Crippen LogP contribution in [-0.4, -0.2) is 29.2 Å². The number of Topliss-reactive ketones (excluding diaryl/α,β-unsaturated/α-hetero) is 1. The molecule has 0 fully saturated rings. The van der Waals surface area contributed by atoms with Gasteiger partial charge in [-0.25, -0.2) is 5.26 Å². The minimum absolute atomic E-state index is 0.207. The van der Waals surface area contributed by atoms with Crippen molar-refractivity contribution in [2.24, 2.45) is 5.73 Å². The first-order valence-corrected chi connectivity index (χ1v) is 10.9. The van der Waals surface area contributed by atoms with Crippen LogP contribution in [0.2, 0.25) is 0 Å². The average Bonchev–Trinajstić information content (AvgIpc) is 3.17. The molecule has 2 aliphatic rings. The quantitative estimate of drug-likeness (QED) is 0.174. The molecule has 0 saturated heterocycles. The van der Waals surface area contributed by atoms with Crippen LogP contribution in [0.25, 0.3) is 11.4 Å². The molecule has 0 aromatic heterocycles. The van der Waals surface area contributed by atoms with E-state index in [0.717, 1.165) is 29.0 Å². The highest BCUT2D eigenvalue weighted by atomic mass is 32.2. The summed E-state index contributed by atoms with van der Waals surface area (Å²) in [6.45, 7) is 0.375. The minimum atomic E-state index is -0.397. The van der Waals surface area contributed by atoms with Crippen molar-refractivity contribution in [1.82, 2.24) is 10.8 Å². The Hall–Kier alpha value is -2.68. The Labute approximate surface area is 190 Å². The van der Waals surface area contributed by atoms with Gasteiger partial charge in [0.2, 0.25) is 0 Å². The van der Waals surface area contributed by atoms with Crippen LogP contribution < -0.4 is 16.5 Å². The van der Waals surface area contributed by atoms with E-state index in [1.54, 1.807) is 48.5 Å². The number of hydroxylamine groups is 1. The summed E-state index contributed by atoms with van der Waals surface area (Å²) in [5.41, 5.74) is 11.7. The molecule has 5 N–H and O–H groups in total. The maximum Gasteiger partial charge on any atom is 0.258 e. The smallest absolute Gasteiger partial charge is 0.258 e. The van der Waals surface area contributed by atoms with Crippen molar-refractivity contribution in [2.45, 2.75) is 4.90 Å². The minimum Gasteiger partial charge on any atom is -0.398 e. The van der Waals surface area contributed by atoms with E-state index in [2.05, 4.69) is 20.2 Å². The molecule has 2 aromatic carbocycles. The fraction of sp³-hybridized carbons (Fsp3) is 0.100. The van der Waals surface area contributed by atoms with Gasteiger partial charge in [0.25, 0.3) is 5.91 Å². The molecule has 1 amide bonds. The normalized spacial score (nSPS) is 15.2. The molecule has 0 atom stereocenters. The Balaban J connectivity index is 1.44. The molecule has 32 heavy (non-hydrogen) atoms. The van der Waals surface area contributed by atoms with Gasteiger partial charge in [0.05, 0.1) is 34.6 Å². The van der Waals surface area contributed by atoms with Crippen LogP contribution in [0.1, 0.15) is 21.5 Å². The average molecular weight is 476 g/mol. The van der Waals surface area contributed by atoms with E-state index in [4.69, 9.17) is 20.3 Å². The van der Waals surface area contributed by atoms with Crippen molar-refractivity contribution < 1.29 is 33.5 Å². The predicted octanol–water partition coefficient (Wildman–Crippen LogP) is 2.62. The van der Waals surface area contributed by atoms with Gasteiger partial charge in [-0.3, -0.25) is 9.59 Å². The van der Waals surface area contributed by atoms with Crippen molar-refractivity contribution in [3.63, 3.8) is 0 Å². The van der Waals surface area contributed by atoms with Crippen LogP contribution in [0, 0.1) is 0 Å². The Morgan fingerprint density at radius 3 is 2.50 bits per heavy atom. The van der Waals surface area contributed by atoms with Crippen molar-refractivity contribution in [2.75, 3.05) is 12.3 Å². The van der Waals surface area contributed by atoms with E-state index in [1.165, 1.54) is 0 Å². The van der Waals surface area contributed by atoms with E-state index in [0.29, 0.717) is 40.4 Å². The number of rotatable bonds is 10. The molecule has 0 saturated carbocycles. The van der Waals surface area contributed by atoms with Gasteiger partial charge < -0.3 is 11.1 Å². The van der Waals surface area contributed by atoms with Crippen LogP contribution in [0.15, 0.2) is 64.6 Å².